The molecule has 6 heteroatoms. The Morgan fingerprint density at radius 1 is 1.04 bits per heavy atom. The first-order chi connectivity index (χ1) is 12.9. The molecule has 0 aliphatic rings. The first-order valence-corrected chi connectivity index (χ1v) is 10.4. The summed E-state index contributed by atoms with van der Waals surface area (Å²) < 4.78 is 27.7. The molecule has 0 amide bonds. The zero-order valence-electron chi connectivity index (χ0n) is 16.0. The summed E-state index contributed by atoms with van der Waals surface area (Å²) in [5.74, 6) is -0.168. The van der Waals surface area contributed by atoms with Crippen LogP contribution in [0.1, 0.15) is 30.1 Å². The monoisotopic (exact) mass is 386 g/mol. The Morgan fingerprint density at radius 3 is 2.37 bits per heavy atom. The van der Waals surface area contributed by atoms with Crippen molar-refractivity contribution in [3.63, 3.8) is 0 Å². The molecule has 0 saturated heterocycles. The minimum absolute atomic E-state index is 0.168. The number of hydrogen-bond donors (Lipinski definition) is 0. The minimum Gasteiger partial charge on any atom is -0.383 e. The number of ketones is 1. The molecule has 0 aromatic heterocycles. The van der Waals surface area contributed by atoms with E-state index < -0.39 is 10.0 Å². The van der Waals surface area contributed by atoms with E-state index in [1.165, 1.54) is 10.4 Å². The van der Waals surface area contributed by atoms with Crippen LogP contribution in [-0.2, 0) is 10.0 Å². The highest BCUT2D eigenvalue weighted by molar-refractivity contribution is 7.92. The molecule has 0 spiro atoms. The smallest absolute Gasteiger partial charge is 0.264 e. The number of anilines is 1. The van der Waals surface area contributed by atoms with Crippen LogP contribution >= 0.6 is 0 Å². The number of rotatable bonds is 9. The van der Waals surface area contributed by atoms with Gasteiger partial charge < -0.3 is 4.90 Å². The molecule has 0 atom stereocenters. The predicted octanol–water partition coefficient (Wildman–Crippen LogP) is 3.94. The van der Waals surface area contributed by atoms with Gasteiger partial charge in [0.15, 0.2) is 5.78 Å². The van der Waals surface area contributed by atoms with Gasteiger partial charge in [-0.05, 0) is 30.7 Å². The molecule has 0 unspecified atom stereocenters. The number of carbonyl (C=O) groups is 1. The van der Waals surface area contributed by atoms with Gasteiger partial charge in [0.2, 0.25) is 0 Å². The molecular formula is C21H26N2O3S. The zero-order chi connectivity index (χ0) is 19.9. The van der Waals surface area contributed by atoms with Crippen LogP contribution in [0.3, 0.4) is 0 Å². The van der Waals surface area contributed by atoms with E-state index in [1.807, 2.05) is 21.0 Å². The lowest BCUT2D eigenvalue weighted by Gasteiger charge is -2.25. The number of hydrogen-bond acceptors (Lipinski definition) is 4. The topological polar surface area (TPSA) is 57.7 Å². The van der Waals surface area contributed by atoms with E-state index >= 15 is 0 Å². The maximum absolute atomic E-state index is 13.2. The number of unbranched alkanes of at least 4 members (excludes halogenated alkanes) is 1. The van der Waals surface area contributed by atoms with Gasteiger partial charge in [-0.1, -0.05) is 43.7 Å². The second-order valence-corrected chi connectivity index (χ2v) is 8.30. The highest BCUT2D eigenvalue weighted by Crippen LogP contribution is 2.25. The van der Waals surface area contributed by atoms with Crippen LogP contribution in [-0.4, -0.2) is 39.7 Å². The first-order valence-electron chi connectivity index (χ1n) is 8.93. The van der Waals surface area contributed by atoms with Crippen molar-refractivity contribution in [2.24, 2.45) is 0 Å². The Labute approximate surface area is 162 Å². The lowest BCUT2D eigenvalue weighted by atomic mass is 10.1. The van der Waals surface area contributed by atoms with Crippen LogP contribution in [0.25, 0.3) is 0 Å². The molecule has 144 valence electrons. The fraction of sp³-hybridized carbons (Fsp3) is 0.286. The van der Waals surface area contributed by atoms with Gasteiger partial charge in [0, 0.05) is 38.5 Å². The maximum atomic E-state index is 13.2. The molecular weight excluding hydrogens is 360 g/mol. The number of benzene rings is 2. The summed E-state index contributed by atoms with van der Waals surface area (Å²) in [4.78, 5) is 14.4. The van der Waals surface area contributed by atoms with E-state index in [2.05, 4.69) is 0 Å². The second-order valence-electron chi connectivity index (χ2n) is 6.44. The Balaban J connectivity index is 2.43. The molecule has 5 nitrogen and oxygen atoms in total. The lowest BCUT2D eigenvalue weighted by Crippen LogP contribution is -2.32. The van der Waals surface area contributed by atoms with Gasteiger partial charge in [-0.25, -0.2) is 8.42 Å². The molecule has 0 aliphatic carbocycles. The average molecular weight is 387 g/mol. The molecule has 0 bridgehead atoms. The van der Waals surface area contributed by atoms with E-state index in [0.717, 1.165) is 12.8 Å². The number of nitrogens with zero attached hydrogens (tertiary/aromatic N) is 2. The molecule has 27 heavy (non-hydrogen) atoms. The van der Waals surface area contributed by atoms with E-state index in [4.69, 9.17) is 0 Å². The van der Waals surface area contributed by atoms with Crippen molar-refractivity contribution in [2.45, 2.75) is 24.7 Å². The molecule has 0 radical (unpaired) electrons. The van der Waals surface area contributed by atoms with Gasteiger partial charge in [-0.3, -0.25) is 9.10 Å². The van der Waals surface area contributed by atoms with Crippen LogP contribution in [0.2, 0.25) is 0 Å². The van der Waals surface area contributed by atoms with Crippen LogP contribution in [0.15, 0.2) is 71.8 Å². The third-order valence-corrected chi connectivity index (χ3v) is 5.83. The number of carbonyl (C=O) groups excluding carboxylic acids is 1. The lowest BCUT2D eigenvalue weighted by molar-refractivity contribution is 0.104. The van der Waals surface area contributed by atoms with Gasteiger partial charge in [0.25, 0.3) is 10.0 Å². The molecule has 2 aromatic rings. The third kappa shape index (κ3) is 5.44. The van der Waals surface area contributed by atoms with Gasteiger partial charge in [-0.2, -0.15) is 0 Å². The Kier molecular flexibility index (Phi) is 7.19. The van der Waals surface area contributed by atoms with Crippen molar-refractivity contribution in [3.8, 4) is 0 Å². The molecule has 0 heterocycles. The summed E-state index contributed by atoms with van der Waals surface area (Å²) in [5, 5.41) is 0. The van der Waals surface area contributed by atoms with Gasteiger partial charge in [0.1, 0.15) is 0 Å². The van der Waals surface area contributed by atoms with Crippen LogP contribution < -0.4 is 4.31 Å². The van der Waals surface area contributed by atoms with Crippen molar-refractivity contribution in [3.05, 3.63) is 72.4 Å². The van der Waals surface area contributed by atoms with Crippen LogP contribution in [0.5, 0.6) is 0 Å². The average Bonchev–Trinajstić information content (AvgIpc) is 2.67. The van der Waals surface area contributed by atoms with Gasteiger partial charge in [-0.15, -0.1) is 0 Å². The largest absolute Gasteiger partial charge is 0.383 e. The van der Waals surface area contributed by atoms with Crippen molar-refractivity contribution in [1.29, 1.82) is 0 Å². The number of allylic oxidation sites excluding steroid dienone is 1. The Bertz CT molecular complexity index is 891. The molecule has 2 aromatic carbocycles. The zero-order valence-corrected chi connectivity index (χ0v) is 16.8. The van der Waals surface area contributed by atoms with E-state index in [-0.39, 0.29) is 10.7 Å². The quantitative estimate of drug-likeness (QED) is 0.484. The number of sulfonamides is 1. The van der Waals surface area contributed by atoms with Crippen molar-refractivity contribution in [2.75, 3.05) is 24.9 Å². The highest BCUT2D eigenvalue weighted by Gasteiger charge is 2.24. The molecule has 2 rings (SSSR count). The highest BCUT2D eigenvalue weighted by atomic mass is 32.2. The van der Waals surface area contributed by atoms with Crippen molar-refractivity contribution < 1.29 is 13.2 Å². The van der Waals surface area contributed by atoms with Crippen molar-refractivity contribution in [1.82, 2.24) is 4.90 Å². The SMILES string of the molecule is CCCCN(c1cccc(C(=O)C=CN(C)C)c1)S(=O)(=O)c1ccccc1. The van der Waals surface area contributed by atoms with Gasteiger partial charge >= 0.3 is 0 Å². The summed E-state index contributed by atoms with van der Waals surface area (Å²) in [6, 6.07) is 15.1. The molecule has 0 fully saturated rings. The summed E-state index contributed by atoms with van der Waals surface area (Å²) in [6.07, 6.45) is 4.74. The second kappa shape index (κ2) is 9.37. The van der Waals surface area contributed by atoms with Crippen molar-refractivity contribution >= 4 is 21.5 Å². The standard InChI is InChI=1S/C21H26N2O3S/c1-4-5-15-23(27(25,26)20-12-7-6-8-13-20)19-11-9-10-18(17-19)21(24)14-16-22(2)3/h6-14,16-17H,4-5,15H2,1-3H3. The van der Waals surface area contributed by atoms with E-state index in [0.29, 0.717) is 17.8 Å². The molecule has 0 saturated carbocycles. The summed E-state index contributed by atoms with van der Waals surface area (Å²) in [7, 11) is -0.0338. The fourth-order valence-electron chi connectivity index (χ4n) is 2.54. The Morgan fingerprint density at radius 2 is 1.74 bits per heavy atom. The molecule has 0 aliphatic heterocycles. The predicted molar refractivity (Wildman–Crippen MR) is 109 cm³/mol. The summed E-state index contributed by atoms with van der Waals surface area (Å²) in [6.45, 7) is 2.37. The summed E-state index contributed by atoms with van der Waals surface area (Å²) >= 11 is 0. The van der Waals surface area contributed by atoms with Gasteiger partial charge in [0.05, 0.1) is 10.6 Å². The van der Waals surface area contributed by atoms with E-state index in [9.17, 15) is 13.2 Å². The first kappa shape index (κ1) is 20.7. The summed E-state index contributed by atoms with van der Waals surface area (Å²) in [5.41, 5.74) is 0.951. The molecule has 0 N–H and O–H groups in total. The van der Waals surface area contributed by atoms with Crippen LogP contribution in [0.4, 0.5) is 5.69 Å². The Hall–Kier alpha value is -2.60. The third-order valence-electron chi connectivity index (χ3n) is 3.99. The fourth-order valence-corrected chi connectivity index (χ4v) is 4.05. The van der Waals surface area contributed by atoms with E-state index in [1.54, 1.807) is 65.7 Å². The normalized spacial score (nSPS) is 11.5. The minimum atomic E-state index is -3.70. The maximum Gasteiger partial charge on any atom is 0.264 e. The van der Waals surface area contributed by atoms with Crippen LogP contribution in [0, 0.1) is 0 Å².